The number of hydrogen-bond donors (Lipinski definition) is 2. The summed E-state index contributed by atoms with van der Waals surface area (Å²) in [6, 6.07) is 5.70. The number of nitrogens with two attached hydrogens (primary N) is 1. The molecule has 2 aromatic rings. The molecule has 3 N–H and O–H groups in total. The van der Waals surface area contributed by atoms with Crippen molar-refractivity contribution in [3.05, 3.63) is 35.8 Å². The van der Waals surface area contributed by atoms with Crippen molar-refractivity contribution in [2.24, 2.45) is 0 Å². The number of hydrogen-bond acceptors (Lipinski definition) is 4. The van der Waals surface area contributed by atoms with Crippen molar-refractivity contribution in [1.82, 2.24) is 9.97 Å². The molecule has 1 aromatic carbocycles. The zero-order valence-electron chi connectivity index (χ0n) is 9.74. The van der Waals surface area contributed by atoms with Crippen LogP contribution in [0.5, 0.6) is 0 Å². The maximum Gasteiger partial charge on any atom is 0.358 e. The normalized spacial score (nSPS) is 10.3. The summed E-state index contributed by atoms with van der Waals surface area (Å²) in [6.07, 6.45) is 0. The van der Waals surface area contributed by atoms with Crippen LogP contribution in [0, 0.1) is 5.82 Å². The highest BCUT2D eigenvalue weighted by atomic mass is 19.1. The van der Waals surface area contributed by atoms with Gasteiger partial charge in [-0.3, -0.25) is 0 Å². The smallest absolute Gasteiger partial charge is 0.358 e. The van der Waals surface area contributed by atoms with Crippen LogP contribution in [-0.2, 0) is 4.74 Å². The van der Waals surface area contributed by atoms with Gasteiger partial charge < -0.3 is 15.5 Å². The SMILES string of the molecule is CCOC(=O)c1[nH]c(-c2ccc(F)cc2)nc1N. The van der Waals surface area contributed by atoms with Gasteiger partial charge in [0.25, 0.3) is 0 Å². The van der Waals surface area contributed by atoms with Crippen LogP contribution in [0.3, 0.4) is 0 Å². The van der Waals surface area contributed by atoms with E-state index >= 15 is 0 Å². The number of aromatic nitrogens is 2. The third-order valence-corrected chi connectivity index (χ3v) is 2.33. The molecule has 0 bridgehead atoms. The van der Waals surface area contributed by atoms with Crippen molar-refractivity contribution in [1.29, 1.82) is 0 Å². The highest BCUT2D eigenvalue weighted by molar-refractivity contribution is 5.93. The number of ether oxygens (including phenoxy) is 1. The molecule has 0 atom stereocenters. The number of benzene rings is 1. The number of halogens is 1. The molecule has 0 radical (unpaired) electrons. The van der Waals surface area contributed by atoms with Crippen molar-refractivity contribution in [3.8, 4) is 11.4 Å². The second-order valence-corrected chi connectivity index (χ2v) is 3.57. The number of rotatable bonds is 3. The summed E-state index contributed by atoms with van der Waals surface area (Å²) in [7, 11) is 0. The lowest BCUT2D eigenvalue weighted by Crippen LogP contribution is -2.07. The van der Waals surface area contributed by atoms with Gasteiger partial charge in [-0.1, -0.05) is 0 Å². The molecule has 94 valence electrons. The molecule has 0 saturated heterocycles. The van der Waals surface area contributed by atoms with Crippen molar-refractivity contribution in [2.75, 3.05) is 12.3 Å². The lowest BCUT2D eigenvalue weighted by molar-refractivity contribution is 0.0521. The number of carbonyl (C=O) groups excluding carboxylic acids is 1. The predicted octanol–water partition coefficient (Wildman–Crippen LogP) is 1.97. The molecule has 0 aliphatic heterocycles. The zero-order chi connectivity index (χ0) is 13.1. The quantitative estimate of drug-likeness (QED) is 0.815. The van der Waals surface area contributed by atoms with E-state index in [1.54, 1.807) is 19.1 Å². The third kappa shape index (κ3) is 2.32. The van der Waals surface area contributed by atoms with Gasteiger partial charge in [0.05, 0.1) is 6.61 Å². The number of nitrogen functional groups attached to an aromatic ring is 1. The van der Waals surface area contributed by atoms with Gasteiger partial charge in [0.2, 0.25) is 0 Å². The van der Waals surface area contributed by atoms with Crippen LogP contribution in [-0.4, -0.2) is 22.5 Å². The van der Waals surface area contributed by atoms with Gasteiger partial charge in [0.15, 0.2) is 11.5 Å². The molecule has 5 nitrogen and oxygen atoms in total. The van der Waals surface area contributed by atoms with Crippen molar-refractivity contribution < 1.29 is 13.9 Å². The van der Waals surface area contributed by atoms with Crippen molar-refractivity contribution >= 4 is 11.8 Å². The lowest BCUT2D eigenvalue weighted by atomic mass is 10.2. The average Bonchev–Trinajstić information content (AvgIpc) is 2.72. The number of nitrogens with one attached hydrogen (secondary N) is 1. The Balaban J connectivity index is 2.34. The molecule has 1 aromatic heterocycles. The highest BCUT2D eigenvalue weighted by Gasteiger charge is 2.16. The fourth-order valence-corrected chi connectivity index (χ4v) is 1.49. The minimum atomic E-state index is -0.559. The molecular formula is C12H12FN3O2. The second-order valence-electron chi connectivity index (χ2n) is 3.57. The first-order valence-corrected chi connectivity index (χ1v) is 5.40. The van der Waals surface area contributed by atoms with E-state index in [4.69, 9.17) is 10.5 Å². The standard InChI is InChI=1S/C12H12FN3O2/c1-2-18-12(17)9-10(14)16-11(15-9)7-3-5-8(13)6-4-7/h3-6H,2,14H2,1H3,(H,15,16). The van der Waals surface area contributed by atoms with E-state index in [2.05, 4.69) is 9.97 Å². The predicted molar refractivity (Wildman–Crippen MR) is 64.4 cm³/mol. The molecule has 0 spiro atoms. The third-order valence-electron chi connectivity index (χ3n) is 2.33. The lowest BCUT2D eigenvalue weighted by Gasteiger charge is -1.98. The van der Waals surface area contributed by atoms with Gasteiger partial charge in [-0.25, -0.2) is 14.2 Å². The summed E-state index contributed by atoms with van der Waals surface area (Å²) in [5, 5.41) is 0. The highest BCUT2D eigenvalue weighted by Crippen LogP contribution is 2.20. The summed E-state index contributed by atoms with van der Waals surface area (Å²) in [6.45, 7) is 1.95. The van der Waals surface area contributed by atoms with E-state index in [0.29, 0.717) is 11.4 Å². The molecule has 0 amide bonds. The minimum absolute atomic E-state index is 0.0628. The Labute approximate surface area is 103 Å². The van der Waals surface area contributed by atoms with Gasteiger partial charge in [-0.2, -0.15) is 0 Å². The van der Waals surface area contributed by atoms with Crippen LogP contribution in [0.2, 0.25) is 0 Å². The minimum Gasteiger partial charge on any atom is -0.461 e. The number of carbonyl (C=O) groups is 1. The molecule has 18 heavy (non-hydrogen) atoms. The molecular weight excluding hydrogens is 237 g/mol. The van der Waals surface area contributed by atoms with Gasteiger partial charge in [0, 0.05) is 5.56 Å². The summed E-state index contributed by atoms with van der Waals surface area (Å²) in [5.74, 6) is -0.442. The van der Waals surface area contributed by atoms with E-state index < -0.39 is 5.97 Å². The van der Waals surface area contributed by atoms with Crippen LogP contribution >= 0.6 is 0 Å². The fraction of sp³-hybridized carbons (Fsp3) is 0.167. The molecule has 0 aliphatic rings. The van der Waals surface area contributed by atoms with Crippen LogP contribution in [0.1, 0.15) is 17.4 Å². The molecule has 0 saturated carbocycles. The van der Waals surface area contributed by atoms with Gasteiger partial charge in [0.1, 0.15) is 11.6 Å². The number of anilines is 1. The van der Waals surface area contributed by atoms with Crippen molar-refractivity contribution in [3.63, 3.8) is 0 Å². The number of aromatic amines is 1. The van der Waals surface area contributed by atoms with Crippen LogP contribution in [0.15, 0.2) is 24.3 Å². The molecule has 0 aliphatic carbocycles. The Morgan fingerprint density at radius 2 is 2.11 bits per heavy atom. The van der Waals surface area contributed by atoms with E-state index in [0.717, 1.165) is 0 Å². The zero-order valence-corrected chi connectivity index (χ0v) is 9.74. The fourth-order valence-electron chi connectivity index (χ4n) is 1.49. The Bertz CT molecular complexity index is 563. The summed E-state index contributed by atoms with van der Waals surface area (Å²) in [4.78, 5) is 18.3. The monoisotopic (exact) mass is 249 g/mol. The second kappa shape index (κ2) is 4.87. The average molecular weight is 249 g/mol. The molecule has 1 heterocycles. The van der Waals surface area contributed by atoms with Gasteiger partial charge in [-0.15, -0.1) is 0 Å². The van der Waals surface area contributed by atoms with Crippen molar-refractivity contribution in [2.45, 2.75) is 6.92 Å². The topological polar surface area (TPSA) is 81.0 Å². The van der Waals surface area contributed by atoms with E-state index in [1.807, 2.05) is 0 Å². The Morgan fingerprint density at radius 3 is 2.72 bits per heavy atom. The summed E-state index contributed by atoms with van der Waals surface area (Å²) in [5.41, 5.74) is 6.37. The summed E-state index contributed by atoms with van der Waals surface area (Å²) < 4.78 is 17.6. The van der Waals surface area contributed by atoms with Gasteiger partial charge in [-0.05, 0) is 31.2 Å². The Morgan fingerprint density at radius 1 is 1.44 bits per heavy atom. The largest absolute Gasteiger partial charge is 0.461 e. The molecule has 0 unspecified atom stereocenters. The van der Waals surface area contributed by atoms with Crippen LogP contribution in [0.4, 0.5) is 10.2 Å². The van der Waals surface area contributed by atoms with E-state index in [9.17, 15) is 9.18 Å². The first-order valence-electron chi connectivity index (χ1n) is 5.40. The molecule has 0 fully saturated rings. The first-order chi connectivity index (χ1) is 8.61. The first kappa shape index (κ1) is 12.1. The maximum absolute atomic E-state index is 12.8. The number of H-pyrrole nitrogens is 1. The number of esters is 1. The van der Waals surface area contributed by atoms with E-state index in [1.165, 1.54) is 12.1 Å². The Kier molecular flexibility index (Phi) is 3.27. The number of nitrogens with zero attached hydrogens (tertiary/aromatic N) is 1. The van der Waals surface area contributed by atoms with Crippen LogP contribution in [0.25, 0.3) is 11.4 Å². The van der Waals surface area contributed by atoms with Crippen LogP contribution < -0.4 is 5.73 Å². The maximum atomic E-state index is 12.8. The van der Waals surface area contributed by atoms with Gasteiger partial charge >= 0.3 is 5.97 Å². The van der Waals surface area contributed by atoms with E-state index in [-0.39, 0.29) is 23.9 Å². The summed E-state index contributed by atoms with van der Waals surface area (Å²) >= 11 is 0. The molecule has 2 rings (SSSR count). The number of imidazole rings is 1. The molecule has 6 heteroatoms. The Hall–Kier alpha value is -2.37.